The Kier molecular flexibility index (Phi) is 3.86. The summed E-state index contributed by atoms with van der Waals surface area (Å²) < 4.78 is 0. The second kappa shape index (κ2) is 4.55. The summed E-state index contributed by atoms with van der Waals surface area (Å²) in [6.07, 6.45) is 0.842. The highest BCUT2D eigenvalue weighted by Crippen LogP contribution is 2.18. The smallest absolute Gasteiger partial charge is 0.0740 e. The van der Waals surface area contributed by atoms with Gasteiger partial charge < -0.3 is 5.73 Å². The number of hydrogen-bond acceptors (Lipinski definition) is 3. The molecule has 1 aliphatic rings. The third-order valence-electron chi connectivity index (χ3n) is 3.07. The van der Waals surface area contributed by atoms with Gasteiger partial charge in [0, 0.05) is 38.1 Å². The predicted octanol–water partition coefficient (Wildman–Crippen LogP) is 0.689. The van der Waals surface area contributed by atoms with Crippen LogP contribution in [0.1, 0.15) is 20.3 Å². The number of hydrogen-bond donors (Lipinski definition) is 1. The normalized spacial score (nSPS) is 23.6. The molecule has 2 N–H and O–H groups in total. The summed E-state index contributed by atoms with van der Waals surface area (Å²) in [7, 11) is 2.19. The fourth-order valence-electron chi connectivity index (χ4n) is 1.80. The molecule has 0 aromatic rings. The average Bonchev–Trinajstić information content (AvgIpc) is 2.07. The van der Waals surface area contributed by atoms with E-state index in [0.717, 1.165) is 32.6 Å². The molecule has 0 spiro atoms. The minimum Gasteiger partial charge on any atom is -0.393 e. The lowest BCUT2D eigenvalue weighted by atomic mass is 10.00. The van der Waals surface area contributed by atoms with Gasteiger partial charge in [0.25, 0.3) is 0 Å². The molecule has 0 saturated carbocycles. The zero-order chi connectivity index (χ0) is 10.8. The molecule has 4 heteroatoms. The number of nitrogens with zero attached hydrogens (tertiary/aromatic N) is 2. The quantitative estimate of drug-likeness (QED) is 0.702. The van der Waals surface area contributed by atoms with Crippen LogP contribution in [0.5, 0.6) is 0 Å². The van der Waals surface area contributed by atoms with Crippen LogP contribution in [0.3, 0.4) is 0 Å². The van der Waals surface area contributed by atoms with E-state index in [4.69, 9.17) is 18.0 Å². The zero-order valence-corrected chi connectivity index (χ0v) is 10.2. The first-order valence-electron chi connectivity index (χ1n) is 5.14. The van der Waals surface area contributed by atoms with E-state index >= 15 is 0 Å². The van der Waals surface area contributed by atoms with Crippen molar-refractivity contribution in [3.8, 4) is 0 Å². The number of likely N-dealkylation sites (N-methyl/N-ethyl adjacent to an activating group) is 1. The van der Waals surface area contributed by atoms with Gasteiger partial charge in [-0.2, -0.15) is 0 Å². The summed E-state index contributed by atoms with van der Waals surface area (Å²) >= 11 is 4.89. The van der Waals surface area contributed by atoms with E-state index in [1.54, 1.807) is 0 Å². The second-order valence-electron chi connectivity index (χ2n) is 4.73. The van der Waals surface area contributed by atoms with Crippen molar-refractivity contribution < 1.29 is 0 Å². The number of thiocarbonyl (C=S) groups is 1. The Labute approximate surface area is 92.2 Å². The average molecular weight is 215 g/mol. The Hall–Kier alpha value is -0.190. The molecule has 1 heterocycles. The van der Waals surface area contributed by atoms with E-state index in [2.05, 4.69) is 30.7 Å². The molecule has 0 aromatic heterocycles. The van der Waals surface area contributed by atoms with Gasteiger partial charge >= 0.3 is 0 Å². The molecule has 0 radical (unpaired) electrons. The Bertz CT molecular complexity index is 215. The highest BCUT2D eigenvalue weighted by atomic mass is 32.1. The number of nitrogens with two attached hydrogens (primary N) is 1. The molecule has 1 saturated heterocycles. The van der Waals surface area contributed by atoms with Gasteiger partial charge in [-0.05, 0) is 20.9 Å². The molecule has 1 rings (SSSR count). The number of rotatable bonds is 3. The van der Waals surface area contributed by atoms with E-state index in [9.17, 15) is 0 Å². The maximum Gasteiger partial charge on any atom is 0.0740 e. The number of piperazine rings is 1. The third-order valence-corrected chi connectivity index (χ3v) is 3.27. The van der Waals surface area contributed by atoms with Crippen molar-refractivity contribution in [2.45, 2.75) is 25.8 Å². The van der Waals surface area contributed by atoms with Crippen LogP contribution in [-0.2, 0) is 0 Å². The van der Waals surface area contributed by atoms with Crippen molar-refractivity contribution in [2.75, 3.05) is 33.2 Å². The summed E-state index contributed by atoms with van der Waals surface area (Å²) in [5, 5.41) is 0. The molecule has 0 amide bonds. The van der Waals surface area contributed by atoms with E-state index < -0.39 is 0 Å². The van der Waals surface area contributed by atoms with Gasteiger partial charge in [0.1, 0.15) is 0 Å². The van der Waals surface area contributed by atoms with Crippen LogP contribution in [0.4, 0.5) is 0 Å². The van der Waals surface area contributed by atoms with Gasteiger partial charge in [-0.25, -0.2) is 0 Å². The first-order valence-corrected chi connectivity index (χ1v) is 5.54. The van der Waals surface area contributed by atoms with Crippen LogP contribution in [-0.4, -0.2) is 53.6 Å². The van der Waals surface area contributed by atoms with E-state index in [-0.39, 0.29) is 5.54 Å². The summed E-state index contributed by atoms with van der Waals surface area (Å²) in [6.45, 7) is 8.92. The highest BCUT2D eigenvalue weighted by molar-refractivity contribution is 7.80. The van der Waals surface area contributed by atoms with Crippen molar-refractivity contribution >= 4 is 17.2 Å². The van der Waals surface area contributed by atoms with Crippen molar-refractivity contribution in [3.63, 3.8) is 0 Å². The third kappa shape index (κ3) is 3.19. The van der Waals surface area contributed by atoms with Crippen LogP contribution in [0.15, 0.2) is 0 Å². The summed E-state index contributed by atoms with van der Waals surface area (Å²) in [5.74, 6) is 0. The molecule has 82 valence electrons. The summed E-state index contributed by atoms with van der Waals surface area (Å²) in [4.78, 5) is 5.48. The topological polar surface area (TPSA) is 32.5 Å². The monoisotopic (exact) mass is 215 g/mol. The van der Waals surface area contributed by atoms with Crippen LogP contribution < -0.4 is 5.73 Å². The summed E-state index contributed by atoms with van der Waals surface area (Å²) in [5.41, 5.74) is 5.77. The van der Waals surface area contributed by atoms with Gasteiger partial charge in [-0.1, -0.05) is 12.2 Å². The van der Waals surface area contributed by atoms with Crippen LogP contribution in [0.2, 0.25) is 0 Å². The van der Waals surface area contributed by atoms with Gasteiger partial charge in [-0.15, -0.1) is 0 Å². The SMILES string of the molecule is CN1CCN(CCC(N)=S)CC1(C)C. The van der Waals surface area contributed by atoms with E-state index in [0.29, 0.717) is 4.99 Å². The molecular weight excluding hydrogens is 194 g/mol. The minimum absolute atomic E-state index is 0.272. The standard InChI is InChI=1S/C10H21N3S/c1-10(2)8-13(5-4-9(11)14)7-6-12(10)3/h4-8H2,1-3H3,(H2,11,14). The van der Waals surface area contributed by atoms with Crippen molar-refractivity contribution in [2.24, 2.45) is 5.73 Å². The largest absolute Gasteiger partial charge is 0.393 e. The molecule has 0 aromatic carbocycles. The zero-order valence-electron chi connectivity index (χ0n) is 9.42. The predicted molar refractivity (Wildman–Crippen MR) is 64.6 cm³/mol. The highest BCUT2D eigenvalue weighted by Gasteiger charge is 2.30. The molecule has 14 heavy (non-hydrogen) atoms. The lowest BCUT2D eigenvalue weighted by Gasteiger charge is -2.45. The van der Waals surface area contributed by atoms with Crippen molar-refractivity contribution in [3.05, 3.63) is 0 Å². The van der Waals surface area contributed by atoms with Gasteiger partial charge in [0.05, 0.1) is 4.99 Å². The fraction of sp³-hybridized carbons (Fsp3) is 0.900. The molecule has 1 aliphatic heterocycles. The van der Waals surface area contributed by atoms with Crippen molar-refractivity contribution in [1.29, 1.82) is 0 Å². The molecule has 3 nitrogen and oxygen atoms in total. The van der Waals surface area contributed by atoms with Crippen LogP contribution >= 0.6 is 12.2 Å². The molecule has 1 fully saturated rings. The fourth-order valence-corrected chi connectivity index (χ4v) is 1.89. The van der Waals surface area contributed by atoms with E-state index in [1.165, 1.54) is 0 Å². The second-order valence-corrected chi connectivity index (χ2v) is 5.25. The Morgan fingerprint density at radius 3 is 2.57 bits per heavy atom. The maximum atomic E-state index is 5.50. The van der Waals surface area contributed by atoms with Gasteiger partial charge in [-0.3, -0.25) is 9.80 Å². The van der Waals surface area contributed by atoms with E-state index in [1.807, 2.05) is 0 Å². The van der Waals surface area contributed by atoms with Crippen LogP contribution in [0.25, 0.3) is 0 Å². The summed E-state index contributed by atoms with van der Waals surface area (Å²) in [6, 6.07) is 0. The molecule has 0 aliphatic carbocycles. The van der Waals surface area contributed by atoms with Crippen LogP contribution in [0, 0.1) is 0 Å². The Morgan fingerprint density at radius 1 is 1.43 bits per heavy atom. The maximum absolute atomic E-state index is 5.50. The van der Waals surface area contributed by atoms with Gasteiger partial charge in [0.15, 0.2) is 0 Å². The Morgan fingerprint density at radius 2 is 2.07 bits per heavy atom. The first kappa shape index (κ1) is 11.9. The minimum atomic E-state index is 0.272. The Balaban J connectivity index is 2.39. The molecular formula is C10H21N3S. The van der Waals surface area contributed by atoms with Gasteiger partial charge in [0.2, 0.25) is 0 Å². The molecule has 0 atom stereocenters. The molecule has 0 unspecified atom stereocenters. The lowest BCUT2D eigenvalue weighted by Crippen LogP contribution is -2.57. The first-order chi connectivity index (χ1) is 6.42. The van der Waals surface area contributed by atoms with Crippen molar-refractivity contribution in [1.82, 2.24) is 9.80 Å². The lowest BCUT2D eigenvalue weighted by molar-refractivity contribution is 0.0416. The molecule has 0 bridgehead atoms.